The number of pyridine rings is 1. The predicted octanol–water partition coefficient (Wildman–Crippen LogP) is 2.74. The highest BCUT2D eigenvalue weighted by atomic mass is 19.1. The van der Waals surface area contributed by atoms with Crippen LogP contribution in [-0.2, 0) is 23.1 Å². The molecule has 4 amide bonds. The van der Waals surface area contributed by atoms with Crippen LogP contribution in [0.2, 0.25) is 0 Å². The van der Waals surface area contributed by atoms with E-state index in [1.807, 2.05) is 6.92 Å². The molecule has 3 aromatic rings. The summed E-state index contributed by atoms with van der Waals surface area (Å²) in [4.78, 5) is 46.6. The van der Waals surface area contributed by atoms with E-state index < -0.39 is 35.8 Å². The molecule has 0 unspecified atom stereocenters. The fourth-order valence-corrected chi connectivity index (χ4v) is 4.60. The number of aryl methyl sites for hydroxylation is 2. The minimum Gasteiger partial charge on any atom is -0.384 e. The van der Waals surface area contributed by atoms with Gasteiger partial charge >= 0.3 is 6.03 Å². The molecule has 0 aliphatic carbocycles. The van der Waals surface area contributed by atoms with Gasteiger partial charge in [-0.3, -0.25) is 24.1 Å². The summed E-state index contributed by atoms with van der Waals surface area (Å²) in [7, 11) is 3.27. The molecule has 37 heavy (non-hydrogen) atoms. The summed E-state index contributed by atoms with van der Waals surface area (Å²) >= 11 is 0. The Morgan fingerprint density at radius 3 is 2.59 bits per heavy atom. The first-order chi connectivity index (χ1) is 17.6. The number of urea groups is 1. The predicted molar refractivity (Wildman–Crippen MR) is 136 cm³/mol. The Morgan fingerprint density at radius 2 is 1.97 bits per heavy atom. The molecule has 1 fully saturated rings. The minimum atomic E-state index is -1.05. The van der Waals surface area contributed by atoms with E-state index in [1.165, 1.54) is 21.8 Å². The molecule has 3 atom stereocenters. The van der Waals surface area contributed by atoms with Crippen molar-refractivity contribution in [3.05, 3.63) is 71.3 Å². The molecule has 2 aromatic heterocycles. The van der Waals surface area contributed by atoms with Crippen LogP contribution < -0.4 is 16.0 Å². The number of anilines is 2. The minimum absolute atomic E-state index is 0.214. The van der Waals surface area contributed by atoms with Gasteiger partial charge in [-0.1, -0.05) is 19.1 Å². The standard InChI is InChI=1S/C26H30FN7O3/c1-5-20(17-7-6-15(2)19(27)14-17)31-26(37)34-23(25(36)32(3)22-9-11-30-33(22)4)18(24(34)35)12-16-8-10-29-21(28)13-16/h6-11,13-14,18,20,23H,5,12H2,1-4H3,(H2,28,29)(H,31,37)/t18-,20-,23+/m1/s1. The lowest BCUT2D eigenvalue weighted by atomic mass is 9.81. The summed E-state index contributed by atoms with van der Waals surface area (Å²) in [6, 6.07) is 7.48. The lowest BCUT2D eigenvalue weighted by Gasteiger charge is -2.46. The summed E-state index contributed by atoms with van der Waals surface area (Å²) in [6.45, 7) is 3.50. The van der Waals surface area contributed by atoms with Crippen molar-refractivity contribution in [2.45, 2.75) is 38.8 Å². The number of imide groups is 1. The van der Waals surface area contributed by atoms with Crippen LogP contribution in [0.4, 0.5) is 20.8 Å². The molecule has 1 aliphatic rings. The molecule has 1 saturated heterocycles. The maximum Gasteiger partial charge on any atom is 0.325 e. The first-order valence-electron chi connectivity index (χ1n) is 12.0. The van der Waals surface area contributed by atoms with Gasteiger partial charge in [0.25, 0.3) is 5.91 Å². The number of hydrogen-bond acceptors (Lipinski definition) is 6. The van der Waals surface area contributed by atoms with E-state index in [0.29, 0.717) is 29.2 Å². The zero-order valence-corrected chi connectivity index (χ0v) is 21.2. The number of β-lactam (4-membered cyclic amide) rings is 1. The van der Waals surface area contributed by atoms with E-state index in [0.717, 1.165) is 10.5 Å². The molecular formula is C26H30FN7O3. The number of nitrogens with zero attached hydrogens (tertiary/aromatic N) is 5. The smallest absolute Gasteiger partial charge is 0.325 e. The van der Waals surface area contributed by atoms with Crippen molar-refractivity contribution in [1.82, 2.24) is 25.0 Å². The van der Waals surface area contributed by atoms with E-state index in [-0.39, 0.29) is 12.2 Å². The van der Waals surface area contributed by atoms with Gasteiger partial charge in [-0.15, -0.1) is 0 Å². The molecule has 1 aliphatic heterocycles. The van der Waals surface area contributed by atoms with E-state index in [9.17, 15) is 18.8 Å². The Morgan fingerprint density at radius 1 is 1.22 bits per heavy atom. The van der Waals surface area contributed by atoms with Crippen molar-refractivity contribution in [3.63, 3.8) is 0 Å². The molecule has 3 N–H and O–H groups in total. The molecular weight excluding hydrogens is 477 g/mol. The molecule has 0 saturated carbocycles. The highest BCUT2D eigenvalue weighted by Crippen LogP contribution is 2.33. The SMILES string of the molecule is CC[C@@H](NC(=O)N1C(=O)[C@H](Cc2ccnc(N)c2)[C@H]1C(=O)N(C)c1ccnn1C)c1ccc(C)c(F)c1. The first kappa shape index (κ1) is 25.8. The van der Waals surface area contributed by atoms with Crippen LogP contribution in [0.25, 0.3) is 0 Å². The van der Waals surface area contributed by atoms with Crippen molar-refractivity contribution >= 4 is 29.5 Å². The number of nitrogens with two attached hydrogens (primary N) is 1. The molecule has 10 nitrogen and oxygen atoms in total. The molecule has 0 spiro atoms. The largest absolute Gasteiger partial charge is 0.384 e. The van der Waals surface area contributed by atoms with E-state index >= 15 is 0 Å². The summed E-state index contributed by atoms with van der Waals surface area (Å²) in [5.74, 6) is -1.25. The monoisotopic (exact) mass is 507 g/mol. The second-order valence-corrected chi connectivity index (χ2v) is 9.18. The molecule has 1 aromatic carbocycles. The molecule has 0 bridgehead atoms. The Labute approximate surface area is 214 Å². The van der Waals surface area contributed by atoms with Gasteiger partial charge in [-0.2, -0.15) is 5.10 Å². The summed E-state index contributed by atoms with van der Waals surface area (Å²) in [5, 5.41) is 6.90. The van der Waals surface area contributed by atoms with E-state index in [2.05, 4.69) is 15.4 Å². The van der Waals surface area contributed by atoms with Crippen molar-refractivity contribution in [2.75, 3.05) is 17.7 Å². The van der Waals surface area contributed by atoms with Crippen molar-refractivity contribution in [3.8, 4) is 0 Å². The topological polar surface area (TPSA) is 126 Å². The van der Waals surface area contributed by atoms with Crippen molar-refractivity contribution in [1.29, 1.82) is 0 Å². The second kappa shape index (κ2) is 10.4. The number of nitrogens with one attached hydrogen (secondary N) is 1. The van der Waals surface area contributed by atoms with Crippen LogP contribution in [0.15, 0.2) is 48.8 Å². The van der Waals surface area contributed by atoms with Gasteiger partial charge in [0.1, 0.15) is 23.5 Å². The third kappa shape index (κ3) is 5.02. The van der Waals surface area contributed by atoms with Gasteiger partial charge in [-0.05, 0) is 54.7 Å². The average molecular weight is 508 g/mol. The summed E-state index contributed by atoms with van der Waals surface area (Å²) < 4.78 is 15.7. The Hall–Kier alpha value is -4.28. The zero-order valence-electron chi connectivity index (χ0n) is 21.2. The van der Waals surface area contributed by atoms with Gasteiger partial charge in [0.15, 0.2) is 0 Å². The fourth-order valence-electron chi connectivity index (χ4n) is 4.60. The van der Waals surface area contributed by atoms with Gasteiger partial charge in [-0.25, -0.2) is 14.2 Å². The third-order valence-electron chi connectivity index (χ3n) is 6.76. The number of rotatable bonds is 7. The van der Waals surface area contributed by atoms with Crippen molar-refractivity contribution < 1.29 is 18.8 Å². The summed E-state index contributed by atoms with van der Waals surface area (Å²) in [6.07, 6.45) is 3.76. The third-order valence-corrected chi connectivity index (χ3v) is 6.76. The molecule has 0 radical (unpaired) electrons. The van der Waals surface area contributed by atoms with Crippen LogP contribution in [0.3, 0.4) is 0 Å². The quantitative estimate of drug-likeness (QED) is 0.474. The lowest BCUT2D eigenvalue weighted by molar-refractivity contribution is -0.156. The average Bonchev–Trinajstić information content (AvgIpc) is 3.30. The number of likely N-dealkylation sites (N-methyl/N-ethyl adjacent to an activating group) is 1. The molecule has 11 heteroatoms. The molecule has 194 valence electrons. The maximum atomic E-state index is 14.2. The van der Waals surface area contributed by atoms with Crippen LogP contribution in [0.5, 0.6) is 0 Å². The highest BCUT2D eigenvalue weighted by molar-refractivity contribution is 6.12. The number of likely N-dealkylation sites (tertiary alicyclic amines) is 1. The van der Waals surface area contributed by atoms with Crippen LogP contribution in [0, 0.1) is 18.7 Å². The molecule has 4 rings (SSSR count). The zero-order chi connectivity index (χ0) is 26.9. The number of nitrogen functional groups attached to an aromatic ring is 1. The number of amides is 4. The number of hydrogen-bond donors (Lipinski definition) is 2. The number of benzene rings is 1. The molecule has 3 heterocycles. The van der Waals surface area contributed by atoms with Crippen molar-refractivity contribution in [2.24, 2.45) is 13.0 Å². The number of aromatic nitrogens is 3. The second-order valence-electron chi connectivity index (χ2n) is 9.18. The number of halogens is 1. The Kier molecular flexibility index (Phi) is 7.23. The maximum absolute atomic E-state index is 14.2. The highest BCUT2D eigenvalue weighted by Gasteiger charge is 2.55. The van der Waals surface area contributed by atoms with E-state index in [4.69, 9.17) is 5.73 Å². The van der Waals surface area contributed by atoms with Crippen LogP contribution >= 0.6 is 0 Å². The summed E-state index contributed by atoms with van der Waals surface area (Å²) in [5.41, 5.74) is 7.59. The Bertz CT molecular complexity index is 1340. The van der Waals surface area contributed by atoms with Crippen LogP contribution in [0.1, 0.15) is 36.1 Å². The number of carbonyl (C=O) groups is 3. The van der Waals surface area contributed by atoms with Gasteiger partial charge in [0, 0.05) is 26.4 Å². The lowest BCUT2D eigenvalue weighted by Crippen LogP contribution is -2.70. The number of carbonyl (C=O) groups excluding carboxylic acids is 3. The van der Waals surface area contributed by atoms with Gasteiger partial charge < -0.3 is 11.1 Å². The van der Waals surface area contributed by atoms with Crippen LogP contribution in [-0.4, -0.2) is 50.6 Å². The van der Waals surface area contributed by atoms with E-state index in [1.54, 1.807) is 57.5 Å². The van der Waals surface area contributed by atoms with Gasteiger partial charge in [0.05, 0.1) is 18.2 Å². The fraction of sp³-hybridized carbons (Fsp3) is 0.346. The first-order valence-corrected chi connectivity index (χ1v) is 12.0. The normalized spacial score (nSPS) is 17.8. The Balaban J connectivity index is 1.61. The van der Waals surface area contributed by atoms with Gasteiger partial charge in [0.2, 0.25) is 5.91 Å².